The molecule has 1 heterocycles. The van der Waals surface area contributed by atoms with Crippen molar-refractivity contribution in [2.75, 3.05) is 45.6 Å². The number of ether oxygens (including phenoxy) is 1. The Labute approximate surface area is 72.6 Å². The molecule has 0 aromatic rings. The van der Waals surface area contributed by atoms with Crippen molar-refractivity contribution < 1.29 is 4.74 Å². The summed E-state index contributed by atoms with van der Waals surface area (Å²) in [6.07, 6.45) is 0. The van der Waals surface area contributed by atoms with Gasteiger partial charge in [-0.3, -0.25) is 9.62 Å². The Morgan fingerprint density at radius 1 is 1.45 bits per heavy atom. The minimum absolute atomic E-state index is 0.907. The molecule has 1 N–H and O–H groups in total. The Morgan fingerprint density at radius 3 is 2.82 bits per heavy atom. The molecule has 0 radical (unpaired) electrons. The summed E-state index contributed by atoms with van der Waals surface area (Å²) >= 11 is 1.77. The molecule has 0 amide bonds. The van der Waals surface area contributed by atoms with Crippen molar-refractivity contribution in [2.45, 2.75) is 0 Å². The average molecular weight is 176 g/mol. The van der Waals surface area contributed by atoms with Crippen molar-refractivity contribution in [1.29, 1.82) is 0 Å². The number of rotatable bonds is 4. The van der Waals surface area contributed by atoms with E-state index in [9.17, 15) is 0 Å². The maximum atomic E-state index is 5.24. The Balaban J connectivity index is 1.96. The highest BCUT2D eigenvalue weighted by Gasteiger charge is 2.08. The number of nitrogens with one attached hydrogen (secondary N) is 1. The predicted molar refractivity (Wildman–Crippen MR) is 48.8 cm³/mol. The van der Waals surface area contributed by atoms with Gasteiger partial charge >= 0.3 is 0 Å². The molecule has 0 aromatic carbocycles. The van der Waals surface area contributed by atoms with Gasteiger partial charge in [0.05, 0.1) is 13.2 Å². The maximum Gasteiger partial charge on any atom is 0.0594 e. The summed E-state index contributed by atoms with van der Waals surface area (Å²) < 4.78 is 8.31. The molecule has 1 saturated heterocycles. The van der Waals surface area contributed by atoms with Gasteiger partial charge in [-0.15, -0.1) is 0 Å². The van der Waals surface area contributed by atoms with Gasteiger partial charge in [-0.25, -0.2) is 0 Å². The lowest BCUT2D eigenvalue weighted by Crippen LogP contribution is -2.37. The maximum absolute atomic E-state index is 5.24. The second-order valence-corrected chi connectivity index (χ2v) is 3.61. The Morgan fingerprint density at radius 2 is 2.18 bits per heavy atom. The molecule has 0 spiro atoms. The summed E-state index contributed by atoms with van der Waals surface area (Å²) in [5.74, 6) is 1.16. The van der Waals surface area contributed by atoms with Gasteiger partial charge in [0.25, 0.3) is 0 Å². The van der Waals surface area contributed by atoms with Gasteiger partial charge < -0.3 is 4.74 Å². The van der Waals surface area contributed by atoms with Gasteiger partial charge in [-0.2, -0.15) is 0 Å². The van der Waals surface area contributed by atoms with Crippen LogP contribution in [-0.2, 0) is 4.74 Å². The zero-order chi connectivity index (χ0) is 7.94. The molecule has 66 valence electrons. The normalized spacial score (nSPS) is 20.5. The van der Waals surface area contributed by atoms with E-state index in [2.05, 4.69) is 9.62 Å². The Hall–Kier alpha value is 0.230. The average Bonchev–Trinajstić information content (AvgIpc) is 2.07. The molecule has 0 saturated carbocycles. The van der Waals surface area contributed by atoms with E-state index >= 15 is 0 Å². The summed E-state index contributed by atoms with van der Waals surface area (Å²) in [4.78, 5) is 2.44. The molecule has 0 aromatic heterocycles. The molecular weight excluding hydrogens is 160 g/mol. The van der Waals surface area contributed by atoms with Crippen LogP contribution in [0, 0.1) is 0 Å². The summed E-state index contributed by atoms with van der Waals surface area (Å²) in [5.41, 5.74) is 0. The van der Waals surface area contributed by atoms with Crippen molar-refractivity contribution in [3.05, 3.63) is 0 Å². The smallest absolute Gasteiger partial charge is 0.0594 e. The van der Waals surface area contributed by atoms with Gasteiger partial charge in [0.2, 0.25) is 0 Å². The van der Waals surface area contributed by atoms with Crippen LogP contribution in [0.5, 0.6) is 0 Å². The highest BCUT2D eigenvalue weighted by molar-refractivity contribution is 7.97. The SMILES string of the molecule is CNSCCN1CCOCC1. The van der Waals surface area contributed by atoms with Crippen molar-refractivity contribution in [2.24, 2.45) is 0 Å². The van der Waals surface area contributed by atoms with Crippen molar-refractivity contribution in [3.63, 3.8) is 0 Å². The van der Waals surface area contributed by atoms with Gasteiger partial charge in [0.15, 0.2) is 0 Å². The van der Waals surface area contributed by atoms with Gasteiger partial charge in [-0.1, -0.05) is 11.9 Å². The molecule has 1 aliphatic rings. The first kappa shape index (κ1) is 9.32. The topological polar surface area (TPSA) is 24.5 Å². The van der Waals surface area contributed by atoms with E-state index in [1.807, 2.05) is 7.05 Å². The summed E-state index contributed by atoms with van der Waals surface area (Å²) in [5, 5.41) is 0. The number of hydrogen-bond donors (Lipinski definition) is 1. The lowest BCUT2D eigenvalue weighted by Gasteiger charge is -2.26. The lowest BCUT2D eigenvalue weighted by molar-refractivity contribution is 0.0410. The molecule has 3 nitrogen and oxygen atoms in total. The van der Waals surface area contributed by atoms with Crippen LogP contribution in [-0.4, -0.2) is 50.5 Å². The molecule has 1 rings (SSSR count). The quantitative estimate of drug-likeness (QED) is 0.488. The van der Waals surface area contributed by atoms with E-state index in [-0.39, 0.29) is 0 Å². The third kappa shape index (κ3) is 3.96. The fourth-order valence-electron chi connectivity index (χ4n) is 1.10. The predicted octanol–water partition coefficient (Wildman–Crippen LogP) is 0.186. The molecule has 0 bridgehead atoms. The van der Waals surface area contributed by atoms with E-state index < -0.39 is 0 Å². The minimum Gasteiger partial charge on any atom is -0.379 e. The Kier molecular flexibility index (Phi) is 4.94. The third-order valence-corrected chi connectivity index (χ3v) is 2.43. The molecule has 11 heavy (non-hydrogen) atoms. The highest BCUT2D eigenvalue weighted by Crippen LogP contribution is 1.98. The third-order valence-electron chi connectivity index (χ3n) is 1.76. The van der Waals surface area contributed by atoms with Gasteiger partial charge in [0, 0.05) is 25.4 Å². The van der Waals surface area contributed by atoms with E-state index in [4.69, 9.17) is 4.74 Å². The monoisotopic (exact) mass is 176 g/mol. The van der Waals surface area contributed by atoms with Gasteiger partial charge in [-0.05, 0) is 7.05 Å². The summed E-state index contributed by atoms with van der Waals surface area (Å²) in [6.45, 7) is 5.19. The van der Waals surface area contributed by atoms with E-state index in [1.165, 1.54) is 6.54 Å². The number of morpholine rings is 1. The van der Waals surface area contributed by atoms with Crippen LogP contribution in [0.1, 0.15) is 0 Å². The first-order valence-electron chi connectivity index (χ1n) is 4.02. The second-order valence-electron chi connectivity index (χ2n) is 2.51. The zero-order valence-corrected chi connectivity index (χ0v) is 7.82. The zero-order valence-electron chi connectivity index (χ0n) is 7.01. The van der Waals surface area contributed by atoms with Crippen LogP contribution < -0.4 is 4.72 Å². The number of nitrogens with zero attached hydrogens (tertiary/aromatic N) is 1. The minimum atomic E-state index is 0.907. The van der Waals surface area contributed by atoms with Crippen molar-refractivity contribution >= 4 is 11.9 Å². The first-order chi connectivity index (χ1) is 5.43. The van der Waals surface area contributed by atoms with Crippen LogP contribution in [0.4, 0.5) is 0 Å². The standard InChI is InChI=1S/C7H16N2OS/c1-8-11-7-4-9-2-5-10-6-3-9/h8H,2-7H2,1H3. The molecule has 1 aliphatic heterocycles. The van der Waals surface area contributed by atoms with Crippen LogP contribution in [0.3, 0.4) is 0 Å². The fourth-order valence-corrected chi connectivity index (χ4v) is 1.66. The number of hydrogen-bond acceptors (Lipinski definition) is 4. The lowest BCUT2D eigenvalue weighted by atomic mass is 10.4. The van der Waals surface area contributed by atoms with Crippen LogP contribution >= 0.6 is 11.9 Å². The summed E-state index contributed by atoms with van der Waals surface area (Å²) in [6, 6.07) is 0. The van der Waals surface area contributed by atoms with E-state index in [0.717, 1.165) is 32.1 Å². The second kappa shape index (κ2) is 5.83. The van der Waals surface area contributed by atoms with Crippen molar-refractivity contribution in [3.8, 4) is 0 Å². The van der Waals surface area contributed by atoms with Crippen LogP contribution in [0.2, 0.25) is 0 Å². The summed E-state index contributed by atoms with van der Waals surface area (Å²) in [7, 11) is 1.96. The van der Waals surface area contributed by atoms with Gasteiger partial charge in [0.1, 0.15) is 0 Å². The molecule has 0 aliphatic carbocycles. The highest BCUT2D eigenvalue weighted by atomic mass is 32.2. The molecule has 4 heteroatoms. The first-order valence-corrected chi connectivity index (χ1v) is 5.00. The fraction of sp³-hybridized carbons (Fsp3) is 1.00. The van der Waals surface area contributed by atoms with E-state index in [1.54, 1.807) is 11.9 Å². The van der Waals surface area contributed by atoms with Crippen molar-refractivity contribution in [1.82, 2.24) is 9.62 Å². The Bertz CT molecular complexity index is 96.4. The van der Waals surface area contributed by atoms with Crippen LogP contribution in [0.15, 0.2) is 0 Å². The molecule has 0 atom stereocenters. The molecule has 1 fully saturated rings. The largest absolute Gasteiger partial charge is 0.379 e. The molecular formula is C7H16N2OS. The van der Waals surface area contributed by atoms with Crippen LogP contribution in [0.25, 0.3) is 0 Å². The van der Waals surface area contributed by atoms with E-state index in [0.29, 0.717) is 0 Å². The molecule has 0 unspecified atom stereocenters.